The number of pyridine rings is 2. The van der Waals surface area contributed by atoms with Crippen molar-refractivity contribution in [1.29, 1.82) is 0 Å². The molecule has 6 rings (SSSR count). The molecule has 9 heteroatoms. The van der Waals surface area contributed by atoms with Gasteiger partial charge in [0, 0.05) is 73.2 Å². The van der Waals surface area contributed by atoms with Crippen molar-refractivity contribution < 1.29 is 0 Å². The standard InChI is InChI=1S/C33H41N9/c1-20-16-29(39(3)4)25-18-23(8-10-27(25)35-20)31-37-32(22-12-14-41(7)15-13-22)42(34)33(38-31)24-9-11-28-26(19-24)30(40(5)6)17-21(2)36-28/h8-11,16-19,22,33H,12-15,34H2,1-7H3. The van der Waals surface area contributed by atoms with E-state index in [9.17, 15) is 0 Å². The molecule has 1 saturated heterocycles. The summed E-state index contributed by atoms with van der Waals surface area (Å²) in [4.78, 5) is 26.6. The minimum Gasteiger partial charge on any atom is -0.377 e. The predicted molar refractivity (Wildman–Crippen MR) is 175 cm³/mol. The maximum absolute atomic E-state index is 6.94. The molecule has 0 aliphatic carbocycles. The van der Waals surface area contributed by atoms with Gasteiger partial charge in [-0.05, 0) is 94.9 Å². The molecule has 2 aromatic heterocycles. The number of benzene rings is 2. The Hall–Kier alpha value is -4.08. The molecule has 2 N–H and O–H groups in total. The summed E-state index contributed by atoms with van der Waals surface area (Å²) in [7, 11) is 10.4. The van der Waals surface area contributed by atoms with E-state index in [4.69, 9.17) is 25.8 Å². The average molecular weight is 564 g/mol. The Morgan fingerprint density at radius 3 is 1.95 bits per heavy atom. The number of rotatable bonds is 5. The quantitative estimate of drug-likeness (QED) is 0.345. The number of nitrogens with zero attached hydrogens (tertiary/aromatic N) is 8. The molecule has 2 aliphatic heterocycles. The second-order valence-corrected chi connectivity index (χ2v) is 12.1. The van der Waals surface area contributed by atoms with E-state index >= 15 is 0 Å². The lowest BCUT2D eigenvalue weighted by Crippen LogP contribution is -2.48. The van der Waals surface area contributed by atoms with Gasteiger partial charge in [0.1, 0.15) is 5.84 Å². The number of hydrogen-bond acceptors (Lipinski definition) is 9. The second-order valence-electron chi connectivity index (χ2n) is 12.1. The van der Waals surface area contributed by atoms with E-state index in [1.54, 1.807) is 5.01 Å². The fraction of sp³-hybridized carbons (Fsp3) is 0.394. The van der Waals surface area contributed by atoms with Crippen LogP contribution in [0.2, 0.25) is 0 Å². The van der Waals surface area contributed by atoms with Gasteiger partial charge in [0.05, 0.1) is 11.0 Å². The number of amidine groups is 2. The highest BCUT2D eigenvalue weighted by atomic mass is 15.5. The Bertz CT molecular complexity index is 1710. The van der Waals surface area contributed by atoms with Crippen LogP contribution in [0, 0.1) is 19.8 Å². The summed E-state index contributed by atoms with van der Waals surface area (Å²) in [6, 6.07) is 17.0. The molecule has 1 unspecified atom stereocenters. The highest BCUT2D eigenvalue weighted by Crippen LogP contribution is 2.35. The van der Waals surface area contributed by atoms with E-state index in [0.717, 1.165) is 87.5 Å². The molecule has 0 saturated carbocycles. The van der Waals surface area contributed by atoms with Crippen molar-refractivity contribution in [3.05, 3.63) is 71.0 Å². The number of hydrazine groups is 1. The Morgan fingerprint density at radius 1 is 0.786 bits per heavy atom. The van der Waals surface area contributed by atoms with Crippen molar-refractivity contribution in [1.82, 2.24) is 19.9 Å². The second kappa shape index (κ2) is 11.0. The predicted octanol–water partition coefficient (Wildman–Crippen LogP) is 4.91. The molecule has 2 aromatic carbocycles. The van der Waals surface area contributed by atoms with Crippen LogP contribution in [0.15, 0.2) is 58.5 Å². The van der Waals surface area contributed by atoms with Crippen LogP contribution in [0.1, 0.15) is 41.5 Å². The number of hydrogen-bond donors (Lipinski definition) is 1. The van der Waals surface area contributed by atoms with E-state index in [-0.39, 0.29) is 5.92 Å². The van der Waals surface area contributed by atoms with Crippen LogP contribution in [0.4, 0.5) is 11.4 Å². The molecule has 0 spiro atoms. The lowest BCUT2D eigenvalue weighted by atomic mass is 9.94. The molecular weight excluding hydrogens is 522 g/mol. The molecule has 42 heavy (non-hydrogen) atoms. The van der Waals surface area contributed by atoms with Crippen LogP contribution < -0.4 is 15.6 Å². The summed E-state index contributed by atoms with van der Waals surface area (Å²) in [5.74, 6) is 8.82. The van der Waals surface area contributed by atoms with Gasteiger partial charge in [0.25, 0.3) is 0 Å². The van der Waals surface area contributed by atoms with Crippen LogP contribution in [0.5, 0.6) is 0 Å². The highest BCUT2D eigenvalue weighted by Gasteiger charge is 2.33. The minimum absolute atomic E-state index is 0.267. The summed E-state index contributed by atoms with van der Waals surface area (Å²) in [5, 5.41) is 3.96. The molecule has 4 aromatic rings. The molecule has 218 valence electrons. The zero-order valence-corrected chi connectivity index (χ0v) is 25.8. The zero-order valence-electron chi connectivity index (χ0n) is 25.8. The first kappa shape index (κ1) is 28.1. The van der Waals surface area contributed by atoms with Gasteiger partial charge in [-0.2, -0.15) is 0 Å². The number of anilines is 2. The number of piperidine rings is 1. The number of nitrogens with two attached hydrogens (primary N) is 1. The number of likely N-dealkylation sites (tertiary alicyclic amines) is 1. The number of aliphatic imine (C=N–C) groups is 2. The molecule has 1 fully saturated rings. The van der Waals surface area contributed by atoms with Gasteiger partial charge in [-0.15, -0.1) is 0 Å². The first-order valence-electron chi connectivity index (χ1n) is 14.7. The highest BCUT2D eigenvalue weighted by molar-refractivity contribution is 6.10. The lowest BCUT2D eigenvalue weighted by Gasteiger charge is -2.38. The van der Waals surface area contributed by atoms with Crippen molar-refractivity contribution >= 4 is 44.9 Å². The third kappa shape index (κ3) is 5.18. The molecular formula is C33H41N9. The Kier molecular flexibility index (Phi) is 7.32. The van der Waals surface area contributed by atoms with Crippen molar-refractivity contribution in [2.24, 2.45) is 21.7 Å². The molecule has 2 aliphatic rings. The van der Waals surface area contributed by atoms with Crippen LogP contribution in [0.25, 0.3) is 21.8 Å². The molecule has 0 radical (unpaired) electrons. The summed E-state index contributed by atoms with van der Waals surface area (Å²) < 4.78 is 0. The average Bonchev–Trinajstić information content (AvgIpc) is 2.96. The van der Waals surface area contributed by atoms with E-state index in [1.165, 1.54) is 0 Å². The molecule has 1 atom stereocenters. The Labute approximate surface area is 248 Å². The van der Waals surface area contributed by atoms with Gasteiger partial charge >= 0.3 is 0 Å². The normalized spacial score (nSPS) is 18.4. The van der Waals surface area contributed by atoms with Gasteiger partial charge in [-0.1, -0.05) is 6.07 Å². The van der Waals surface area contributed by atoms with Crippen molar-refractivity contribution in [3.63, 3.8) is 0 Å². The van der Waals surface area contributed by atoms with Crippen LogP contribution in [0.3, 0.4) is 0 Å². The lowest BCUT2D eigenvalue weighted by molar-refractivity contribution is 0.230. The topological polar surface area (TPSA) is 89.5 Å². The van der Waals surface area contributed by atoms with Crippen LogP contribution in [-0.4, -0.2) is 79.9 Å². The van der Waals surface area contributed by atoms with E-state index < -0.39 is 6.17 Å². The Balaban J connectivity index is 1.50. The monoisotopic (exact) mass is 563 g/mol. The zero-order chi connectivity index (χ0) is 29.7. The van der Waals surface area contributed by atoms with Gasteiger partial charge in [0.2, 0.25) is 0 Å². The molecule has 0 amide bonds. The van der Waals surface area contributed by atoms with Crippen LogP contribution in [-0.2, 0) is 0 Å². The fourth-order valence-corrected chi connectivity index (χ4v) is 6.17. The van der Waals surface area contributed by atoms with Crippen molar-refractivity contribution in [2.75, 3.05) is 58.1 Å². The summed E-state index contributed by atoms with van der Waals surface area (Å²) in [6.45, 7) is 6.11. The number of fused-ring (bicyclic) bond motifs is 2. The number of aryl methyl sites for hydroxylation is 2. The maximum atomic E-state index is 6.94. The molecule has 0 bridgehead atoms. The third-order valence-corrected chi connectivity index (χ3v) is 8.45. The van der Waals surface area contributed by atoms with Crippen molar-refractivity contribution in [3.8, 4) is 0 Å². The maximum Gasteiger partial charge on any atom is 0.164 e. The van der Waals surface area contributed by atoms with Crippen molar-refractivity contribution in [2.45, 2.75) is 32.9 Å². The van der Waals surface area contributed by atoms with E-state index in [1.807, 2.05) is 13.8 Å². The summed E-state index contributed by atoms with van der Waals surface area (Å²) >= 11 is 0. The minimum atomic E-state index is -0.409. The van der Waals surface area contributed by atoms with Gasteiger partial charge in [-0.3, -0.25) is 15.0 Å². The third-order valence-electron chi connectivity index (χ3n) is 8.45. The molecule has 4 heterocycles. The summed E-state index contributed by atoms with van der Waals surface area (Å²) in [6.07, 6.45) is 1.62. The SMILES string of the molecule is Cc1cc(N(C)C)c2cc(C3=NC(c4ccc5nc(C)cc(N(C)C)c5c4)N(N)C(C4CCN(C)CC4)=N3)ccc2n1. The van der Waals surface area contributed by atoms with Gasteiger partial charge in [0.15, 0.2) is 12.0 Å². The largest absolute Gasteiger partial charge is 0.377 e. The smallest absolute Gasteiger partial charge is 0.164 e. The molecule has 9 nitrogen and oxygen atoms in total. The van der Waals surface area contributed by atoms with Gasteiger partial charge < -0.3 is 14.7 Å². The van der Waals surface area contributed by atoms with Crippen LogP contribution >= 0.6 is 0 Å². The Morgan fingerprint density at radius 2 is 1.36 bits per heavy atom. The summed E-state index contributed by atoms with van der Waals surface area (Å²) in [5.41, 5.74) is 8.14. The number of aromatic nitrogens is 2. The fourth-order valence-electron chi connectivity index (χ4n) is 6.17. The van der Waals surface area contributed by atoms with E-state index in [2.05, 4.69) is 98.5 Å². The first-order chi connectivity index (χ1) is 20.1. The van der Waals surface area contributed by atoms with E-state index in [0.29, 0.717) is 5.84 Å². The first-order valence-corrected chi connectivity index (χ1v) is 14.7. The van der Waals surface area contributed by atoms with Gasteiger partial charge in [-0.25, -0.2) is 15.8 Å².